The Balaban J connectivity index is 1.35. The minimum atomic E-state index is -0.209. The number of amides is 1. The first-order chi connectivity index (χ1) is 14.1. The van der Waals surface area contributed by atoms with Crippen LogP contribution in [-0.2, 0) is 16.1 Å². The minimum absolute atomic E-state index is 0.0123. The molecule has 0 radical (unpaired) electrons. The number of anilines is 2. The highest BCUT2D eigenvalue weighted by Crippen LogP contribution is 2.21. The molecule has 0 bridgehead atoms. The van der Waals surface area contributed by atoms with Gasteiger partial charge in [-0.25, -0.2) is 4.98 Å². The summed E-state index contributed by atoms with van der Waals surface area (Å²) >= 11 is 0. The van der Waals surface area contributed by atoms with Gasteiger partial charge in [0.05, 0.1) is 31.4 Å². The second-order valence-corrected chi connectivity index (χ2v) is 7.24. The van der Waals surface area contributed by atoms with Crippen LogP contribution >= 0.6 is 0 Å². The smallest absolute Gasteiger partial charge is 0.253 e. The van der Waals surface area contributed by atoms with E-state index in [1.807, 2.05) is 6.07 Å². The fourth-order valence-corrected chi connectivity index (χ4v) is 3.56. The predicted octanol–water partition coefficient (Wildman–Crippen LogP) is -0.473. The van der Waals surface area contributed by atoms with Crippen molar-refractivity contribution in [3.8, 4) is 0 Å². The number of aromatic nitrogens is 4. The molecule has 154 valence electrons. The Morgan fingerprint density at radius 1 is 1.07 bits per heavy atom. The number of ether oxygens (including phenoxy) is 1. The van der Waals surface area contributed by atoms with Gasteiger partial charge >= 0.3 is 0 Å². The van der Waals surface area contributed by atoms with Gasteiger partial charge in [0.15, 0.2) is 5.82 Å². The van der Waals surface area contributed by atoms with E-state index >= 15 is 0 Å². The standard InChI is InChI=1S/C19H25N7O3/c1-15-10-18(27)26(14-20-15)13-19(28)25-4-2-24(3-5-25)17-11-16(12-21-22-17)23-6-8-29-9-7-23/h10-12,14H,2-9,13H2,1H3. The molecule has 2 aromatic rings. The van der Waals surface area contributed by atoms with E-state index in [9.17, 15) is 9.59 Å². The number of hydrogen-bond acceptors (Lipinski definition) is 8. The molecular weight excluding hydrogens is 374 g/mol. The largest absolute Gasteiger partial charge is 0.378 e. The number of carbonyl (C=O) groups is 1. The third-order valence-electron chi connectivity index (χ3n) is 5.28. The molecule has 2 aliphatic rings. The molecule has 0 spiro atoms. The summed E-state index contributed by atoms with van der Waals surface area (Å²) in [6.45, 7) is 7.41. The third kappa shape index (κ3) is 4.53. The van der Waals surface area contributed by atoms with Crippen molar-refractivity contribution in [2.24, 2.45) is 0 Å². The van der Waals surface area contributed by atoms with Crippen molar-refractivity contribution in [1.29, 1.82) is 0 Å². The maximum Gasteiger partial charge on any atom is 0.253 e. The topological polar surface area (TPSA) is 96.7 Å². The Kier molecular flexibility index (Phi) is 5.70. The van der Waals surface area contributed by atoms with Crippen LogP contribution in [0.25, 0.3) is 0 Å². The molecule has 2 saturated heterocycles. The Morgan fingerprint density at radius 2 is 1.83 bits per heavy atom. The molecule has 1 amide bonds. The predicted molar refractivity (Wildman–Crippen MR) is 107 cm³/mol. The van der Waals surface area contributed by atoms with E-state index in [1.54, 1.807) is 18.0 Å². The van der Waals surface area contributed by atoms with Crippen molar-refractivity contribution in [2.75, 3.05) is 62.3 Å². The zero-order valence-corrected chi connectivity index (χ0v) is 16.5. The first-order valence-electron chi connectivity index (χ1n) is 9.81. The van der Waals surface area contributed by atoms with Crippen molar-refractivity contribution in [2.45, 2.75) is 13.5 Å². The van der Waals surface area contributed by atoms with Gasteiger partial charge in [0, 0.05) is 57.1 Å². The highest BCUT2D eigenvalue weighted by Gasteiger charge is 2.23. The summed E-state index contributed by atoms with van der Waals surface area (Å²) in [4.78, 5) is 34.8. The average molecular weight is 399 g/mol. The van der Waals surface area contributed by atoms with E-state index in [4.69, 9.17) is 4.74 Å². The highest BCUT2D eigenvalue weighted by molar-refractivity contribution is 5.76. The van der Waals surface area contributed by atoms with Crippen LogP contribution in [0.2, 0.25) is 0 Å². The molecule has 2 aliphatic heterocycles. The molecule has 0 aliphatic carbocycles. The normalized spacial score (nSPS) is 17.5. The lowest BCUT2D eigenvalue weighted by atomic mass is 10.2. The molecule has 10 nitrogen and oxygen atoms in total. The van der Waals surface area contributed by atoms with E-state index in [1.165, 1.54) is 17.0 Å². The Labute approximate surface area is 168 Å². The zero-order valence-electron chi connectivity index (χ0n) is 16.5. The van der Waals surface area contributed by atoms with Gasteiger partial charge in [-0.2, -0.15) is 5.10 Å². The second kappa shape index (κ2) is 8.56. The van der Waals surface area contributed by atoms with Crippen molar-refractivity contribution in [3.63, 3.8) is 0 Å². The molecule has 0 N–H and O–H groups in total. The minimum Gasteiger partial charge on any atom is -0.378 e. The molecule has 2 aromatic heterocycles. The summed E-state index contributed by atoms with van der Waals surface area (Å²) in [6, 6.07) is 3.48. The number of hydrogen-bond donors (Lipinski definition) is 0. The van der Waals surface area contributed by atoms with Crippen LogP contribution in [0.1, 0.15) is 5.69 Å². The van der Waals surface area contributed by atoms with E-state index in [-0.39, 0.29) is 18.0 Å². The van der Waals surface area contributed by atoms with Crippen LogP contribution in [0, 0.1) is 6.92 Å². The van der Waals surface area contributed by atoms with E-state index < -0.39 is 0 Å². The molecule has 29 heavy (non-hydrogen) atoms. The summed E-state index contributed by atoms with van der Waals surface area (Å²) in [7, 11) is 0. The van der Waals surface area contributed by atoms with Crippen LogP contribution < -0.4 is 15.4 Å². The maximum atomic E-state index is 12.6. The zero-order chi connectivity index (χ0) is 20.2. The molecule has 0 unspecified atom stereocenters. The molecular formula is C19H25N7O3. The first-order valence-corrected chi connectivity index (χ1v) is 9.81. The van der Waals surface area contributed by atoms with Crippen LogP contribution in [0.5, 0.6) is 0 Å². The van der Waals surface area contributed by atoms with Crippen molar-refractivity contribution >= 4 is 17.4 Å². The quantitative estimate of drug-likeness (QED) is 0.681. The number of carbonyl (C=O) groups excluding carboxylic acids is 1. The molecule has 0 atom stereocenters. The van der Waals surface area contributed by atoms with Crippen LogP contribution in [0.3, 0.4) is 0 Å². The van der Waals surface area contributed by atoms with Crippen molar-refractivity contribution < 1.29 is 9.53 Å². The lowest BCUT2D eigenvalue weighted by Gasteiger charge is -2.36. The SMILES string of the molecule is Cc1cc(=O)n(CC(=O)N2CCN(c3cc(N4CCOCC4)cnn3)CC2)cn1. The molecule has 0 aromatic carbocycles. The van der Waals surface area contributed by atoms with E-state index in [0.717, 1.165) is 37.8 Å². The number of piperazine rings is 1. The number of nitrogens with zero attached hydrogens (tertiary/aromatic N) is 7. The average Bonchev–Trinajstić information content (AvgIpc) is 2.76. The summed E-state index contributed by atoms with van der Waals surface area (Å²) in [6.07, 6.45) is 3.21. The molecule has 0 saturated carbocycles. The summed E-state index contributed by atoms with van der Waals surface area (Å²) in [5.41, 5.74) is 1.48. The molecule has 4 heterocycles. The summed E-state index contributed by atoms with van der Waals surface area (Å²) in [5, 5.41) is 8.44. The first kappa shape index (κ1) is 19.3. The lowest BCUT2D eigenvalue weighted by Crippen LogP contribution is -2.50. The second-order valence-electron chi connectivity index (χ2n) is 7.24. The van der Waals surface area contributed by atoms with Crippen molar-refractivity contribution in [1.82, 2.24) is 24.6 Å². The van der Waals surface area contributed by atoms with E-state index in [0.29, 0.717) is 31.9 Å². The Morgan fingerprint density at radius 3 is 2.55 bits per heavy atom. The molecule has 4 rings (SSSR count). The van der Waals surface area contributed by atoms with Gasteiger partial charge in [-0.05, 0) is 6.92 Å². The molecule has 10 heteroatoms. The van der Waals surface area contributed by atoms with Gasteiger partial charge < -0.3 is 19.4 Å². The fourth-order valence-electron chi connectivity index (χ4n) is 3.56. The van der Waals surface area contributed by atoms with Gasteiger partial charge in [-0.15, -0.1) is 5.10 Å². The van der Waals surface area contributed by atoms with Crippen LogP contribution in [-0.4, -0.2) is 83.0 Å². The Hall–Kier alpha value is -3.01. The van der Waals surface area contributed by atoms with Gasteiger partial charge in [0.1, 0.15) is 6.54 Å². The maximum absolute atomic E-state index is 12.6. The lowest BCUT2D eigenvalue weighted by molar-refractivity contribution is -0.132. The van der Waals surface area contributed by atoms with Gasteiger partial charge in [0.25, 0.3) is 5.56 Å². The number of morpholine rings is 1. The summed E-state index contributed by atoms with van der Waals surface area (Å²) in [5.74, 6) is 0.741. The number of rotatable bonds is 4. The monoisotopic (exact) mass is 399 g/mol. The van der Waals surface area contributed by atoms with Gasteiger partial charge in [-0.3, -0.25) is 14.2 Å². The molecule has 2 fully saturated rings. The summed E-state index contributed by atoms with van der Waals surface area (Å²) < 4.78 is 6.75. The Bertz CT molecular complexity index is 918. The third-order valence-corrected chi connectivity index (χ3v) is 5.28. The van der Waals surface area contributed by atoms with Crippen LogP contribution in [0.15, 0.2) is 29.5 Å². The van der Waals surface area contributed by atoms with Gasteiger partial charge in [0.2, 0.25) is 5.91 Å². The van der Waals surface area contributed by atoms with E-state index in [2.05, 4.69) is 25.0 Å². The van der Waals surface area contributed by atoms with Crippen molar-refractivity contribution in [3.05, 3.63) is 40.7 Å². The van der Waals surface area contributed by atoms with Gasteiger partial charge in [-0.1, -0.05) is 0 Å². The highest BCUT2D eigenvalue weighted by atomic mass is 16.5. The fraction of sp³-hybridized carbons (Fsp3) is 0.526. The van der Waals surface area contributed by atoms with Crippen LogP contribution in [0.4, 0.5) is 11.5 Å². The number of aryl methyl sites for hydroxylation is 1.